The average molecular weight is 1330 g/mol. The molecule has 0 unspecified atom stereocenters. The predicted octanol–water partition coefficient (Wildman–Crippen LogP) is 5.63. The van der Waals surface area contributed by atoms with Crippen LogP contribution in [-0.2, 0) is 67.1 Å². The fraction of sp³-hybridized carbons (Fsp3) is 0.814. The van der Waals surface area contributed by atoms with Crippen molar-refractivity contribution in [3.63, 3.8) is 0 Å². The van der Waals surface area contributed by atoms with E-state index in [1.54, 1.807) is 48.5 Å². The molecule has 0 aliphatic carbocycles. The summed E-state index contributed by atoms with van der Waals surface area (Å²) in [4.78, 5) is 180. The van der Waals surface area contributed by atoms with E-state index in [1.807, 2.05) is 67.5 Å². The number of ether oxygens (including phenoxy) is 2. The summed E-state index contributed by atoms with van der Waals surface area (Å²) in [7, 11) is 8.85. The quantitative estimate of drug-likeness (QED) is 0.117. The van der Waals surface area contributed by atoms with Crippen LogP contribution in [0, 0.1) is 47.3 Å². The van der Waals surface area contributed by atoms with Gasteiger partial charge in [-0.25, -0.2) is 5.06 Å². The molecule has 0 radical (unpaired) electrons. The van der Waals surface area contributed by atoms with Crippen LogP contribution in [0.25, 0.3) is 0 Å². The smallest absolute Gasteiger partial charge is 0.270 e. The number of carbonyl (C=O) groups is 11. The summed E-state index contributed by atoms with van der Waals surface area (Å²) in [5, 5.41) is 6.61. The number of nitrogens with one attached hydrogen (secondary N) is 2. The molecule has 24 nitrogen and oxygen atoms in total. The molecule has 0 aromatic heterocycles. The number of morpholine rings is 1. The first kappa shape index (κ1) is 82.4. The van der Waals surface area contributed by atoms with Gasteiger partial charge in [-0.1, -0.05) is 102 Å². The van der Waals surface area contributed by atoms with Crippen LogP contribution in [0.2, 0.25) is 0 Å². The maximum absolute atomic E-state index is 15.2. The number of hydrogen-bond donors (Lipinski definition) is 2. The molecule has 24 heteroatoms. The summed E-state index contributed by atoms with van der Waals surface area (Å²) in [5.74, 6) is -10.0. The Labute approximate surface area is 562 Å². The molecule has 0 spiro atoms. The molecule has 536 valence electrons. The second kappa shape index (κ2) is 38.2. The molecule has 0 bridgehead atoms. The van der Waals surface area contributed by atoms with Gasteiger partial charge in [0.2, 0.25) is 47.3 Å². The molecule has 94 heavy (non-hydrogen) atoms. The monoisotopic (exact) mass is 1330 g/mol. The molecule has 9 amide bonds. The lowest BCUT2D eigenvalue weighted by Gasteiger charge is -2.50. The summed E-state index contributed by atoms with van der Waals surface area (Å²) in [6.07, 6.45) is 3.96. The number of Topliss-reactive ketones (excluding diaryl/α,β-unsaturated/α-hetero) is 2. The van der Waals surface area contributed by atoms with Crippen molar-refractivity contribution in [1.82, 2.24) is 50.0 Å². The van der Waals surface area contributed by atoms with Gasteiger partial charge < -0.3 is 49.5 Å². The fourth-order valence-electron chi connectivity index (χ4n) is 13.0. The lowest BCUT2D eigenvalue weighted by molar-refractivity contribution is -0.321. The van der Waals surface area contributed by atoms with Crippen LogP contribution in [0.4, 0.5) is 0 Å². The molecule has 0 saturated carbocycles. The van der Waals surface area contributed by atoms with Crippen LogP contribution in [-0.4, -0.2) is 252 Å². The molecule has 3 saturated heterocycles. The highest BCUT2D eigenvalue weighted by Crippen LogP contribution is 2.34. The van der Waals surface area contributed by atoms with Crippen LogP contribution >= 0.6 is 0 Å². The molecule has 0 aromatic carbocycles. The number of unbranched alkanes of at least 4 members (excludes halogenated alkanes) is 1. The molecule has 0 aromatic rings. The molecule has 3 aliphatic rings. The Kier molecular flexibility index (Phi) is 33.5. The standard InChI is InChI=1S/C70H122N10O14/c1-24-26-29-46(13)61-60-63(84)72-52(25-2)67(88)73(18)49(16)65(86)78(23)59(50(17)93-33-28-27-30-79-31-34-92-35-32-79)57(82)40-51(44(9)10)66(87)74(19)53(36-41(3)4)56(81)39-47(14)62(83)71-48(15)64(85)75(20)54(37-42(5)6)68(89)76(21)55(38-43(7)8)69(90)77(22)58(45(11)12)70(91)80(60)94-61/h24,26,41-55,58-61H,25,27-40H2,1-23H3,(H,71,83)(H,72,84)/b26-24+/t46-,47-,48-,49-,50-,51+,52+,53+,54+,55+,58+,59+,60+,61-/m1/s1. The van der Waals surface area contributed by atoms with Crippen molar-refractivity contribution < 1.29 is 67.1 Å². The van der Waals surface area contributed by atoms with Gasteiger partial charge in [-0.15, -0.1) is 0 Å². The number of amides is 9. The third-order valence-electron chi connectivity index (χ3n) is 19.1. The minimum atomic E-state index is -1.28. The van der Waals surface area contributed by atoms with Gasteiger partial charge in [-0.2, -0.15) is 0 Å². The van der Waals surface area contributed by atoms with Gasteiger partial charge in [0.05, 0.1) is 25.4 Å². The number of allylic oxidation sites excluding steroid dienone is 2. The van der Waals surface area contributed by atoms with Crippen molar-refractivity contribution in [1.29, 1.82) is 0 Å². The number of ketones is 2. The van der Waals surface area contributed by atoms with E-state index < -0.39 is 155 Å². The number of hydroxylamine groups is 2. The first-order chi connectivity index (χ1) is 43.9. The van der Waals surface area contributed by atoms with E-state index in [1.165, 1.54) is 85.5 Å². The van der Waals surface area contributed by atoms with Gasteiger partial charge in [-0.05, 0) is 115 Å². The molecule has 3 aliphatic heterocycles. The molecule has 2 N–H and O–H groups in total. The summed E-state index contributed by atoms with van der Waals surface area (Å²) < 4.78 is 11.9. The first-order valence-electron chi connectivity index (χ1n) is 34.7. The Balaban J connectivity index is 2.28. The van der Waals surface area contributed by atoms with Crippen LogP contribution in [0.15, 0.2) is 12.2 Å². The maximum Gasteiger partial charge on any atom is 0.270 e. The van der Waals surface area contributed by atoms with Crippen molar-refractivity contribution in [2.45, 2.75) is 242 Å². The highest BCUT2D eigenvalue weighted by atomic mass is 16.7. The predicted molar refractivity (Wildman–Crippen MR) is 361 cm³/mol. The molecule has 3 rings (SSSR count). The van der Waals surface area contributed by atoms with E-state index in [4.69, 9.17) is 14.3 Å². The van der Waals surface area contributed by atoms with E-state index in [9.17, 15) is 33.6 Å². The summed E-state index contributed by atoms with van der Waals surface area (Å²) in [6.45, 7) is 34.3. The van der Waals surface area contributed by atoms with Crippen molar-refractivity contribution >= 4 is 64.7 Å². The third-order valence-corrected chi connectivity index (χ3v) is 19.1. The second-order valence-electron chi connectivity index (χ2n) is 28.9. The lowest BCUT2D eigenvalue weighted by atomic mass is 9.85. The maximum atomic E-state index is 15.2. The van der Waals surface area contributed by atoms with Crippen molar-refractivity contribution in [3.8, 4) is 0 Å². The largest absolute Gasteiger partial charge is 0.379 e. The van der Waals surface area contributed by atoms with Crippen LogP contribution in [0.3, 0.4) is 0 Å². The zero-order chi connectivity index (χ0) is 71.5. The van der Waals surface area contributed by atoms with E-state index >= 15 is 19.2 Å². The lowest BCUT2D eigenvalue weighted by Crippen LogP contribution is -2.72. The highest BCUT2D eigenvalue weighted by Gasteiger charge is 2.55. The van der Waals surface area contributed by atoms with Crippen LogP contribution < -0.4 is 10.6 Å². The fourth-order valence-corrected chi connectivity index (χ4v) is 13.0. The van der Waals surface area contributed by atoms with Gasteiger partial charge in [0.15, 0.2) is 17.6 Å². The van der Waals surface area contributed by atoms with Gasteiger partial charge in [0.25, 0.3) is 5.91 Å². The molecule has 3 fully saturated rings. The van der Waals surface area contributed by atoms with E-state index in [0.29, 0.717) is 26.1 Å². The zero-order valence-corrected chi connectivity index (χ0v) is 61.5. The average Bonchev–Trinajstić information content (AvgIpc) is 0.757. The van der Waals surface area contributed by atoms with Crippen LogP contribution in [0.5, 0.6) is 0 Å². The zero-order valence-electron chi connectivity index (χ0n) is 61.5. The Hall–Kier alpha value is -5.85. The topological polar surface area (TPSA) is 265 Å². The summed E-state index contributed by atoms with van der Waals surface area (Å²) in [5.41, 5.74) is 0. The van der Waals surface area contributed by atoms with Crippen LogP contribution in [0.1, 0.15) is 175 Å². The first-order valence-corrected chi connectivity index (χ1v) is 34.7. The number of rotatable bonds is 19. The van der Waals surface area contributed by atoms with Gasteiger partial charge in [0, 0.05) is 86.7 Å². The molecular weight excluding hydrogens is 1200 g/mol. The van der Waals surface area contributed by atoms with Gasteiger partial charge in [0.1, 0.15) is 48.4 Å². The van der Waals surface area contributed by atoms with E-state index in [-0.39, 0.29) is 68.8 Å². The Bertz CT molecular complexity index is 2590. The minimum Gasteiger partial charge on any atom is -0.379 e. The normalized spacial score (nSPS) is 28.8. The second-order valence-corrected chi connectivity index (χ2v) is 28.9. The third kappa shape index (κ3) is 22.1. The number of nitrogens with zero attached hydrogens (tertiary/aromatic N) is 8. The van der Waals surface area contributed by atoms with Crippen molar-refractivity contribution in [2.24, 2.45) is 47.3 Å². The Morgan fingerprint density at radius 2 is 1.07 bits per heavy atom. The molecule has 14 atom stereocenters. The molecule has 3 heterocycles. The summed E-state index contributed by atoms with van der Waals surface area (Å²) in [6, 6.07) is -10.6. The molecular formula is C70H122N10O14. The Morgan fingerprint density at radius 3 is 1.60 bits per heavy atom. The number of likely N-dealkylation sites (N-methyl/N-ethyl adjacent to an activating group) is 6. The van der Waals surface area contributed by atoms with Crippen molar-refractivity contribution in [3.05, 3.63) is 12.2 Å². The number of fused-ring (bicyclic) bond motifs is 1. The number of hydrogen-bond acceptors (Lipinski definition) is 15. The highest BCUT2D eigenvalue weighted by molar-refractivity contribution is 6.00. The van der Waals surface area contributed by atoms with E-state index in [2.05, 4.69) is 15.5 Å². The Morgan fingerprint density at radius 1 is 0.553 bits per heavy atom. The van der Waals surface area contributed by atoms with Gasteiger partial charge >= 0.3 is 0 Å². The van der Waals surface area contributed by atoms with E-state index in [0.717, 1.165) is 31.1 Å². The summed E-state index contributed by atoms with van der Waals surface area (Å²) >= 11 is 0. The SMILES string of the molecule is C/C=C/C[C@@H](C)[C@H]1ON2C(=O)[C@H](C(C)C)N(C)C(=O)[C@H](CC(C)C)N(C)C(=O)[C@H](CC(C)C)N(C)C(=O)[C@@H](C)NC(=O)[C@H](C)CC(=O)[C@H](CC(C)C)N(C)C(=O)[C@H](C(C)C)CC(=O)[C@H]([C@@H](C)OCCCCN3CCOCC3)N(C)C(=O)[C@@H](C)N(C)C(=O)[C@H](CC)NC(=O)[C@H]12. The van der Waals surface area contributed by atoms with Gasteiger partial charge in [-0.3, -0.25) is 62.5 Å². The minimum absolute atomic E-state index is 0.0660. The number of carbonyl (C=O) groups excluding carboxylic acids is 11. The van der Waals surface area contributed by atoms with Crippen molar-refractivity contribution in [2.75, 3.05) is 81.7 Å².